The minimum Gasteiger partial charge on any atom is -0.501 e. The van der Waals surface area contributed by atoms with Crippen LogP contribution < -0.4 is 0 Å². The molecule has 0 rings (SSSR count). The van der Waals surface area contributed by atoms with E-state index in [0.717, 1.165) is 6.61 Å². The van der Waals surface area contributed by atoms with E-state index in [1.54, 1.807) is 6.26 Å². The van der Waals surface area contributed by atoms with Gasteiger partial charge in [0.15, 0.2) is 0 Å². The van der Waals surface area contributed by atoms with Crippen molar-refractivity contribution in [2.45, 2.75) is 6.92 Å². The maximum absolute atomic E-state index is 5.06. The zero-order chi connectivity index (χ0) is 7.98. The number of ether oxygens (including phenoxy) is 1. The Bertz CT molecular complexity index is 104. The van der Waals surface area contributed by atoms with Crippen LogP contribution in [0, 0.1) is 0 Å². The number of nitrogens with zero attached hydrogens (tertiary/aromatic N) is 1. The summed E-state index contributed by atoms with van der Waals surface area (Å²) in [5.74, 6) is 2.10. The lowest BCUT2D eigenvalue weighted by Gasteiger charge is -2.14. The first kappa shape index (κ1) is 9.93. The van der Waals surface area contributed by atoms with Crippen molar-refractivity contribution < 1.29 is 4.74 Å². The van der Waals surface area contributed by atoms with Gasteiger partial charge in [0.05, 0.1) is 12.9 Å². The van der Waals surface area contributed by atoms with Gasteiger partial charge < -0.3 is 4.74 Å². The van der Waals surface area contributed by atoms with Crippen molar-refractivity contribution in [2.75, 3.05) is 27.4 Å². The highest BCUT2D eigenvalue weighted by Gasteiger charge is 1.96. The molecule has 60 valence electrons. The smallest absolute Gasteiger partial charge is 0.0845 e. The van der Waals surface area contributed by atoms with Crippen LogP contribution in [0.25, 0.3) is 0 Å². The standard InChI is InChI=1S/C7H16NOP/c1-5-9-6-7-10(4)8(2)3/h6-7H,5H2,1-4H3/b7-6+. The second-order valence-electron chi connectivity index (χ2n) is 2.16. The first-order valence-electron chi connectivity index (χ1n) is 3.36. The number of rotatable bonds is 4. The SMILES string of the molecule is CCO/C=C/P(C)N(C)C. The van der Waals surface area contributed by atoms with Crippen molar-refractivity contribution >= 4 is 8.07 Å². The Morgan fingerprint density at radius 3 is 2.50 bits per heavy atom. The van der Waals surface area contributed by atoms with E-state index >= 15 is 0 Å². The van der Waals surface area contributed by atoms with Gasteiger partial charge in [-0.2, -0.15) is 0 Å². The second kappa shape index (κ2) is 5.70. The summed E-state index contributed by atoms with van der Waals surface area (Å²) in [6.45, 7) is 4.93. The normalized spacial score (nSPS) is 14.5. The van der Waals surface area contributed by atoms with E-state index in [-0.39, 0.29) is 8.07 Å². The van der Waals surface area contributed by atoms with Crippen LogP contribution in [0.5, 0.6) is 0 Å². The molecule has 0 saturated carbocycles. The van der Waals surface area contributed by atoms with E-state index in [9.17, 15) is 0 Å². The Morgan fingerprint density at radius 1 is 1.50 bits per heavy atom. The Balaban J connectivity index is 3.45. The highest BCUT2D eigenvalue weighted by Crippen LogP contribution is 2.33. The monoisotopic (exact) mass is 161 g/mol. The van der Waals surface area contributed by atoms with E-state index in [4.69, 9.17) is 4.74 Å². The van der Waals surface area contributed by atoms with Gasteiger partial charge in [-0.05, 0) is 41.6 Å². The molecule has 0 aromatic carbocycles. The Labute approximate surface area is 64.7 Å². The third kappa shape index (κ3) is 4.78. The van der Waals surface area contributed by atoms with Crippen molar-refractivity contribution in [2.24, 2.45) is 0 Å². The largest absolute Gasteiger partial charge is 0.501 e. The van der Waals surface area contributed by atoms with Crippen molar-refractivity contribution in [1.82, 2.24) is 4.67 Å². The quantitative estimate of drug-likeness (QED) is 0.462. The lowest BCUT2D eigenvalue weighted by molar-refractivity contribution is 0.270. The molecule has 1 atom stereocenters. The molecule has 0 radical (unpaired) electrons. The Kier molecular flexibility index (Phi) is 5.66. The third-order valence-electron chi connectivity index (χ3n) is 1.17. The maximum atomic E-state index is 5.06. The molecule has 1 unspecified atom stereocenters. The summed E-state index contributed by atoms with van der Waals surface area (Å²) >= 11 is 0. The lowest BCUT2D eigenvalue weighted by Crippen LogP contribution is -2.00. The molecule has 0 saturated heterocycles. The van der Waals surface area contributed by atoms with Crippen LogP contribution in [0.3, 0.4) is 0 Å². The van der Waals surface area contributed by atoms with Gasteiger partial charge in [-0.15, -0.1) is 0 Å². The van der Waals surface area contributed by atoms with Crippen molar-refractivity contribution in [1.29, 1.82) is 0 Å². The Hall–Kier alpha value is -0.0700. The molecule has 0 amide bonds. The highest BCUT2D eigenvalue weighted by atomic mass is 31.1. The fourth-order valence-electron chi connectivity index (χ4n) is 0.361. The predicted octanol–water partition coefficient (Wildman–Crippen LogP) is 2.08. The number of hydrogen-bond acceptors (Lipinski definition) is 2. The van der Waals surface area contributed by atoms with Gasteiger partial charge >= 0.3 is 0 Å². The topological polar surface area (TPSA) is 12.5 Å². The molecule has 0 fully saturated rings. The van der Waals surface area contributed by atoms with Crippen LogP contribution in [-0.4, -0.2) is 32.0 Å². The van der Waals surface area contributed by atoms with E-state index in [0.29, 0.717) is 0 Å². The minimum atomic E-state index is -0.123. The first-order chi connectivity index (χ1) is 4.68. The van der Waals surface area contributed by atoms with Crippen LogP contribution in [0.4, 0.5) is 0 Å². The van der Waals surface area contributed by atoms with Gasteiger partial charge in [0.1, 0.15) is 0 Å². The molecule has 0 aliphatic heterocycles. The fraction of sp³-hybridized carbons (Fsp3) is 0.714. The maximum Gasteiger partial charge on any atom is 0.0845 e. The first-order valence-corrected chi connectivity index (χ1v) is 5.18. The molecule has 0 aliphatic rings. The summed E-state index contributed by atoms with van der Waals surface area (Å²) < 4.78 is 7.25. The molecule has 0 N–H and O–H groups in total. The lowest BCUT2D eigenvalue weighted by atomic mass is 10.9. The molecule has 3 heteroatoms. The van der Waals surface area contributed by atoms with Gasteiger partial charge in [-0.1, -0.05) is 0 Å². The molecule has 0 spiro atoms. The summed E-state index contributed by atoms with van der Waals surface area (Å²) in [5, 5.41) is 0. The molecule has 0 aliphatic carbocycles. The van der Waals surface area contributed by atoms with Crippen LogP contribution in [-0.2, 0) is 4.74 Å². The number of hydrogen-bond donors (Lipinski definition) is 0. The average Bonchev–Trinajstić information content (AvgIpc) is 1.88. The van der Waals surface area contributed by atoms with Gasteiger partial charge in [0.2, 0.25) is 0 Å². The molecule has 0 bridgehead atoms. The summed E-state index contributed by atoms with van der Waals surface area (Å²) in [7, 11) is 4.02. The summed E-state index contributed by atoms with van der Waals surface area (Å²) in [6.07, 6.45) is 1.78. The predicted molar refractivity (Wildman–Crippen MR) is 47.3 cm³/mol. The molecule has 10 heavy (non-hydrogen) atoms. The zero-order valence-corrected chi connectivity index (χ0v) is 8.06. The zero-order valence-electron chi connectivity index (χ0n) is 7.16. The van der Waals surface area contributed by atoms with E-state index < -0.39 is 0 Å². The summed E-state index contributed by atoms with van der Waals surface area (Å²) in [5.41, 5.74) is 0. The Morgan fingerprint density at radius 2 is 2.10 bits per heavy atom. The van der Waals surface area contributed by atoms with E-state index in [1.807, 2.05) is 6.92 Å². The highest BCUT2D eigenvalue weighted by molar-refractivity contribution is 7.57. The second-order valence-corrected chi connectivity index (χ2v) is 4.41. The van der Waals surface area contributed by atoms with Crippen LogP contribution in [0.1, 0.15) is 6.92 Å². The summed E-state index contributed by atoms with van der Waals surface area (Å²) in [6, 6.07) is 0. The van der Waals surface area contributed by atoms with Crippen molar-refractivity contribution in [3.63, 3.8) is 0 Å². The summed E-state index contributed by atoms with van der Waals surface area (Å²) in [4.78, 5) is 0. The van der Waals surface area contributed by atoms with Gasteiger partial charge in [-0.25, -0.2) is 0 Å². The van der Waals surface area contributed by atoms with Crippen LogP contribution in [0.2, 0.25) is 0 Å². The van der Waals surface area contributed by atoms with Gasteiger partial charge in [0, 0.05) is 0 Å². The molecule has 0 aromatic rings. The fourth-order valence-corrected chi connectivity index (χ4v) is 0.890. The minimum absolute atomic E-state index is 0.123. The van der Waals surface area contributed by atoms with Crippen molar-refractivity contribution in [3.05, 3.63) is 12.1 Å². The van der Waals surface area contributed by atoms with E-state index in [2.05, 4.69) is 31.2 Å². The molecular weight excluding hydrogens is 145 g/mol. The third-order valence-corrected chi connectivity index (χ3v) is 2.99. The average molecular weight is 161 g/mol. The molecule has 0 heterocycles. The van der Waals surface area contributed by atoms with Gasteiger partial charge in [-0.3, -0.25) is 4.67 Å². The van der Waals surface area contributed by atoms with Crippen LogP contribution in [0.15, 0.2) is 12.1 Å². The van der Waals surface area contributed by atoms with E-state index in [1.165, 1.54) is 0 Å². The molecule has 0 aromatic heterocycles. The molecule has 2 nitrogen and oxygen atoms in total. The van der Waals surface area contributed by atoms with Crippen LogP contribution >= 0.6 is 8.07 Å². The van der Waals surface area contributed by atoms with Crippen molar-refractivity contribution in [3.8, 4) is 0 Å². The molecular formula is C7H16NOP. The van der Waals surface area contributed by atoms with Gasteiger partial charge in [0.25, 0.3) is 0 Å².